The van der Waals surface area contributed by atoms with Crippen molar-refractivity contribution in [3.05, 3.63) is 35.4 Å². The van der Waals surface area contributed by atoms with E-state index in [0.29, 0.717) is 0 Å². The van der Waals surface area contributed by atoms with Crippen molar-refractivity contribution in [3.8, 4) is 0 Å². The molecule has 0 aliphatic heterocycles. The van der Waals surface area contributed by atoms with E-state index in [9.17, 15) is 9.90 Å². The van der Waals surface area contributed by atoms with E-state index in [4.69, 9.17) is 0 Å². The van der Waals surface area contributed by atoms with E-state index in [1.165, 1.54) is 0 Å². The summed E-state index contributed by atoms with van der Waals surface area (Å²) in [6.07, 6.45) is 1.03. The first-order valence-electron chi connectivity index (χ1n) is 4.79. The van der Waals surface area contributed by atoms with Crippen LogP contribution in [0.3, 0.4) is 0 Å². The maximum Gasteiger partial charge on any atom is 1.00 e. The zero-order chi connectivity index (χ0) is 10.8. The Morgan fingerprint density at radius 1 is 1.27 bits per heavy atom. The molecule has 0 amide bonds. The molecular weight excluding hydrogens is 183 g/mol. The zero-order valence-corrected chi connectivity index (χ0v) is 9.83. The second-order valence-electron chi connectivity index (χ2n) is 4.10. The second kappa shape index (κ2) is 5.39. The summed E-state index contributed by atoms with van der Waals surface area (Å²) >= 11 is 0. The molecule has 0 bridgehead atoms. The van der Waals surface area contributed by atoms with Crippen LogP contribution in [0.25, 0.3) is 0 Å². The predicted octanol–water partition coefficient (Wildman–Crippen LogP) is -1.26. The van der Waals surface area contributed by atoms with Gasteiger partial charge in [-0.1, -0.05) is 45.0 Å². The molecule has 1 rings (SSSR count). The molecule has 0 aliphatic rings. The molecule has 1 aromatic rings. The average molecular weight is 198 g/mol. The third-order valence-corrected chi connectivity index (χ3v) is 2.79. The molecule has 0 heterocycles. The van der Waals surface area contributed by atoms with Crippen LogP contribution < -0.4 is 24.0 Å². The maximum atomic E-state index is 10.5. The van der Waals surface area contributed by atoms with E-state index < -0.39 is 5.97 Å². The van der Waals surface area contributed by atoms with Gasteiger partial charge in [-0.15, -0.1) is 0 Å². The van der Waals surface area contributed by atoms with Gasteiger partial charge in [0.05, 0.1) is 5.97 Å². The van der Waals surface area contributed by atoms with Crippen LogP contribution >= 0.6 is 0 Å². The van der Waals surface area contributed by atoms with Gasteiger partial charge in [0.2, 0.25) is 0 Å². The number of benzene rings is 1. The normalized spacial score (nSPS) is 10.6. The molecule has 0 saturated carbocycles. The van der Waals surface area contributed by atoms with Gasteiger partial charge in [-0.2, -0.15) is 0 Å². The van der Waals surface area contributed by atoms with Crippen molar-refractivity contribution in [1.82, 2.24) is 0 Å². The van der Waals surface area contributed by atoms with Crippen LogP contribution in [0.1, 0.15) is 43.1 Å². The maximum absolute atomic E-state index is 10.5. The molecule has 0 aliphatic carbocycles. The van der Waals surface area contributed by atoms with E-state index in [1.807, 2.05) is 12.1 Å². The molecule has 76 valence electrons. The van der Waals surface area contributed by atoms with Crippen LogP contribution in [0.5, 0.6) is 0 Å². The van der Waals surface area contributed by atoms with Gasteiger partial charge in [0, 0.05) is 0 Å². The summed E-state index contributed by atoms with van der Waals surface area (Å²) in [5, 5.41) is 10.5. The monoisotopic (exact) mass is 198 g/mol. The van der Waals surface area contributed by atoms with E-state index in [-0.39, 0.29) is 29.8 Å². The smallest absolute Gasteiger partial charge is 0.545 e. The number of rotatable bonds is 3. The summed E-state index contributed by atoms with van der Waals surface area (Å²) in [5.41, 5.74) is 1.50. The number of hydrogen-bond acceptors (Lipinski definition) is 2. The van der Waals surface area contributed by atoms with Gasteiger partial charge in [0.25, 0.3) is 0 Å². The summed E-state index contributed by atoms with van der Waals surface area (Å²) < 4.78 is 0. The standard InChI is InChI=1S/C12H16O2.Li/c1-4-12(2,3)10-7-5-9(6-8-10)11(13)14;/h5-8H,4H2,1-3H3,(H,13,14);/q;+1/p-1. The van der Waals surface area contributed by atoms with Gasteiger partial charge in [0.1, 0.15) is 0 Å². The molecule has 0 radical (unpaired) electrons. The van der Waals surface area contributed by atoms with Gasteiger partial charge in [-0.25, -0.2) is 0 Å². The number of carboxylic acids is 1. The average Bonchev–Trinajstić information content (AvgIpc) is 2.18. The molecule has 0 spiro atoms. The Hall–Kier alpha value is -0.713. The fourth-order valence-corrected chi connectivity index (χ4v) is 1.26. The summed E-state index contributed by atoms with van der Waals surface area (Å²) in [7, 11) is 0. The third kappa shape index (κ3) is 3.41. The Morgan fingerprint density at radius 2 is 1.73 bits per heavy atom. The van der Waals surface area contributed by atoms with Gasteiger partial charge in [-0.3, -0.25) is 0 Å². The van der Waals surface area contributed by atoms with Crippen LogP contribution in [0.4, 0.5) is 0 Å². The summed E-state index contributed by atoms with van der Waals surface area (Å²) in [5.74, 6) is -1.12. The molecule has 2 nitrogen and oxygen atoms in total. The molecule has 1 aromatic carbocycles. The van der Waals surface area contributed by atoms with Crippen LogP contribution in [0.15, 0.2) is 24.3 Å². The Kier molecular flexibility index (Phi) is 5.14. The zero-order valence-electron chi connectivity index (χ0n) is 9.83. The SMILES string of the molecule is CCC(C)(C)c1ccc(C(=O)[O-])cc1.[Li+]. The molecule has 0 fully saturated rings. The van der Waals surface area contributed by atoms with E-state index in [0.717, 1.165) is 12.0 Å². The van der Waals surface area contributed by atoms with Gasteiger partial charge < -0.3 is 9.90 Å². The first-order chi connectivity index (χ1) is 6.47. The third-order valence-electron chi connectivity index (χ3n) is 2.79. The quantitative estimate of drug-likeness (QED) is 0.569. The Morgan fingerprint density at radius 3 is 2.07 bits per heavy atom. The van der Waals surface area contributed by atoms with E-state index >= 15 is 0 Å². The molecule has 0 unspecified atom stereocenters. The van der Waals surface area contributed by atoms with E-state index in [1.54, 1.807) is 12.1 Å². The first kappa shape index (κ1) is 14.3. The van der Waals surface area contributed by atoms with Crippen molar-refractivity contribution in [2.45, 2.75) is 32.6 Å². The molecule has 0 saturated heterocycles. The van der Waals surface area contributed by atoms with Gasteiger partial charge in [-0.05, 0) is 23.0 Å². The van der Waals surface area contributed by atoms with Crippen molar-refractivity contribution in [2.75, 3.05) is 0 Å². The van der Waals surface area contributed by atoms with Crippen molar-refractivity contribution in [2.24, 2.45) is 0 Å². The molecule has 0 aromatic heterocycles. The van der Waals surface area contributed by atoms with Crippen molar-refractivity contribution in [3.63, 3.8) is 0 Å². The molecule has 3 heteroatoms. The number of carbonyl (C=O) groups excluding carboxylic acids is 1. The van der Waals surface area contributed by atoms with Gasteiger partial charge in [0.15, 0.2) is 0 Å². The number of hydrogen-bond donors (Lipinski definition) is 0. The minimum Gasteiger partial charge on any atom is -0.545 e. The Balaban J connectivity index is 0.00000196. The summed E-state index contributed by atoms with van der Waals surface area (Å²) in [6.45, 7) is 6.40. The van der Waals surface area contributed by atoms with Crippen molar-refractivity contribution < 1.29 is 28.8 Å². The minimum atomic E-state index is -1.12. The number of aromatic carboxylic acids is 1. The fraction of sp³-hybridized carbons (Fsp3) is 0.417. The fourth-order valence-electron chi connectivity index (χ4n) is 1.26. The molecular formula is C12H15LiO2. The molecule has 15 heavy (non-hydrogen) atoms. The number of carboxylic acid groups (broad SMARTS) is 1. The predicted molar refractivity (Wildman–Crippen MR) is 54.1 cm³/mol. The Bertz CT molecular complexity index is 328. The van der Waals surface area contributed by atoms with Crippen LogP contribution in [-0.2, 0) is 5.41 Å². The minimum absolute atomic E-state index is 0. The summed E-state index contributed by atoms with van der Waals surface area (Å²) in [6, 6.07) is 6.91. The molecule has 0 N–H and O–H groups in total. The largest absolute Gasteiger partial charge is 1.00 e. The number of carbonyl (C=O) groups is 1. The topological polar surface area (TPSA) is 40.1 Å². The van der Waals surface area contributed by atoms with Crippen molar-refractivity contribution in [1.29, 1.82) is 0 Å². The van der Waals surface area contributed by atoms with E-state index in [2.05, 4.69) is 20.8 Å². The van der Waals surface area contributed by atoms with Crippen LogP contribution in [-0.4, -0.2) is 5.97 Å². The Labute approximate surface area is 103 Å². The van der Waals surface area contributed by atoms with Crippen LogP contribution in [0.2, 0.25) is 0 Å². The summed E-state index contributed by atoms with van der Waals surface area (Å²) in [4.78, 5) is 10.5. The first-order valence-corrected chi connectivity index (χ1v) is 4.79. The van der Waals surface area contributed by atoms with Crippen LogP contribution in [0, 0.1) is 0 Å². The second-order valence-corrected chi connectivity index (χ2v) is 4.10. The van der Waals surface area contributed by atoms with Gasteiger partial charge >= 0.3 is 18.9 Å². The van der Waals surface area contributed by atoms with Crippen molar-refractivity contribution >= 4 is 5.97 Å². The molecule has 0 atom stereocenters.